The Hall–Kier alpha value is -0.230. The van der Waals surface area contributed by atoms with Crippen LogP contribution in [-0.4, -0.2) is 46.8 Å². The normalized spacial score (nSPS) is 12.3. The lowest BCUT2D eigenvalue weighted by atomic mass is 9.65. The Kier molecular flexibility index (Phi) is 46.1. The average molecular weight is 882 g/mol. The first-order valence-corrected chi connectivity index (χ1v) is 28.4. The lowest BCUT2D eigenvalue weighted by Gasteiger charge is -2.43. The molecule has 0 rings (SSSR count). The van der Waals surface area contributed by atoms with E-state index < -0.39 is 5.41 Å². The molecule has 366 valence electrons. The van der Waals surface area contributed by atoms with Gasteiger partial charge in [0.25, 0.3) is 0 Å². The van der Waals surface area contributed by atoms with Crippen molar-refractivity contribution in [2.45, 2.75) is 310 Å². The summed E-state index contributed by atoms with van der Waals surface area (Å²) in [5.41, 5.74) is -1.26. The topological polar surface area (TPSA) is 69.9 Å². The zero-order valence-corrected chi connectivity index (χ0v) is 43.0. The molecule has 0 aromatic carbocycles. The molecular weight excluding hydrogens is 769 g/mol. The standard InChI is InChI=1S/C56H112O4S/c1-5-9-13-17-21-25-29-33-37-41-45-53(46-42-38-34-30-26-22-18-14-10-6-2)56(54(61)60-52-55(49-57,50-58)51-59,47-43-39-35-31-27-23-19-15-11-7-3)48-44-40-36-32-28-24-20-16-12-8-4/h53,57-59H,5-52H2,1-4H3. The predicted octanol–water partition coefficient (Wildman–Crippen LogP) is 18.1. The van der Waals surface area contributed by atoms with E-state index in [1.165, 1.54) is 270 Å². The van der Waals surface area contributed by atoms with E-state index in [1.807, 2.05) is 0 Å². The largest absolute Gasteiger partial charge is 0.486 e. The molecule has 0 fully saturated rings. The number of unbranched alkanes of at least 4 members (excludes halogenated alkanes) is 36. The lowest BCUT2D eigenvalue weighted by Crippen LogP contribution is -2.44. The number of rotatable bonds is 51. The lowest BCUT2D eigenvalue weighted by molar-refractivity contribution is -0.0334. The molecule has 0 heterocycles. The molecule has 0 aliphatic carbocycles. The van der Waals surface area contributed by atoms with E-state index in [0.29, 0.717) is 5.92 Å². The monoisotopic (exact) mass is 881 g/mol. The summed E-state index contributed by atoms with van der Waals surface area (Å²) in [7, 11) is 0. The fourth-order valence-electron chi connectivity index (χ4n) is 9.86. The van der Waals surface area contributed by atoms with Crippen LogP contribution in [-0.2, 0) is 4.74 Å². The van der Waals surface area contributed by atoms with Crippen LogP contribution in [0.3, 0.4) is 0 Å². The molecule has 0 saturated carbocycles. The second-order valence-corrected chi connectivity index (χ2v) is 20.6. The fourth-order valence-corrected chi connectivity index (χ4v) is 10.3. The Balaban J connectivity index is 6.14. The van der Waals surface area contributed by atoms with Crippen LogP contribution in [0.5, 0.6) is 0 Å². The van der Waals surface area contributed by atoms with E-state index in [-0.39, 0.29) is 31.8 Å². The highest BCUT2D eigenvalue weighted by molar-refractivity contribution is 7.80. The van der Waals surface area contributed by atoms with Crippen molar-refractivity contribution in [1.82, 2.24) is 0 Å². The van der Waals surface area contributed by atoms with Gasteiger partial charge in [0, 0.05) is 5.41 Å². The molecule has 0 bridgehead atoms. The first-order chi connectivity index (χ1) is 30.0. The molecule has 0 spiro atoms. The molecule has 0 saturated heterocycles. The van der Waals surface area contributed by atoms with Gasteiger partial charge in [-0.15, -0.1) is 0 Å². The quantitative estimate of drug-likeness (QED) is 0.0419. The van der Waals surface area contributed by atoms with E-state index in [2.05, 4.69) is 27.7 Å². The number of hydrogen-bond acceptors (Lipinski definition) is 5. The molecule has 0 amide bonds. The zero-order chi connectivity index (χ0) is 44.8. The average Bonchev–Trinajstić information content (AvgIpc) is 3.28. The first-order valence-electron chi connectivity index (χ1n) is 28.0. The molecule has 0 radical (unpaired) electrons. The molecule has 0 aliphatic rings. The third kappa shape index (κ3) is 33.8. The van der Waals surface area contributed by atoms with Gasteiger partial charge in [-0.3, -0.25) is 0 Å². The van der Waals surface area contributed by atoms with Crippen molar-refractivity contribution in [2.75, 3.05) is 26.4 Å². The first kappa shape index (κ1) is 60.8. The third-order valence-electron chi connectivity index (χ3n) is 14.5. The minimum absolute atomic E-state index is 0.0797. The van der Waals surface area contributed by atoms with Gasteiger partial charge in [0.05, 0.1) is 25.2 Å². The number of aliphatic hydroxyl groups excluding tert-OH is 3. The number of hydrogen-bond donors (Lipinski definition) is 3. The zero-order valence-electron chi connectivity index (χ0n) is 42.2. The summed E-state index contributed by atoms with van der Waals surface area (Å²) in [5, 5.41) is 31.6. The van der Waals surface area contributed by atoms with Crippen molar-refractivity contribution < 1.29 is 20.1 Å². The van der Waals surface area contributed by atoms with Gasteiger partial charge in [0.2, 0.25) is 0 Å². The van der Waals surface area contributed by atoms with Crippen LogP contribution in [0.15, 0.2) is 0 Å². The van der Waals surface area contributed by atoms with Crippen LogP contribution in [0.1, 0.15) is 310 Å². The van der Waals surface area contributed by atoms with Gasteiger partial charge < -0.3 is 20.1 Å². The molecule has 0 aliphatic heterocycles. The molecule has 4 nitrogen and oxygen atoms in total. The Morgan fingerprint density at radius 3 is 0.836 bits per heavy atom. The highest BCUT2D eigenvalue weighted by atomic mass is 32.1. The Morgan fingerprint density at radius 1 is 0.361 bits per heavy atom. The number of ether oxygens (including phenoxy) is 1. The maximum Gasteiger partial charge on any atom is 0.166 e. The fraction of sp³-hybridized carbons (Fsp3) is 0.982. The molecule has 5 heteroatoms. The van der Waals surface area contributed by atoms with Gasteiger partial charge in [0.1, 0.15) is 6.61 Å². The predicted molar refractivity (Wildman–Crippen MR) is 274 cm³/mol. The molecule has 0 aromatic heterocycles. The molecule has 61 heavy (non-hydrogen) atoms. The molecule has 0 unspecified atom stereocenters. The van der Waals surface area contributed by atoms with Crippen molar-refractivity contribution in [2.24, 2.45) is 16.7 Å². The van der Waals surface area contributed by atoms with Crippen LogP contribution >= 0.6 is 12.2 Å². The van der Waals surface area contributed by atoms with Gasteiger partial charge in [-0.1, -0.05) is 285 Å². The summed E-state index contributed by atoms with van der Waals surface area (Å²) in [6.45, 7) is 8.35. The van der Waals surface area contributed by atoms with Gasteiger partial charge in [-0.25, -0.2) is 0 Å². The van der Waals surface area contributed by atoms with Gasteiger partial charge in [0.15, 0.2) is 5.05 Å². The van der Waals surface area contributed by atoms with E-state index in [9.17, 15) is 15.3 Å². The summed E-state index contributed by atoms with van der Waals surface area (Å²) in [6.07, 6.45) is 58.3. The van der Waals surface area contributed by atoms with Crippen LogP contribution in [0, 0.1) is 16.7 Å². The van der Waals surface area contributed by atoms with Crippen molar-refractivity contribution in [3.63, 3.8) is 0 Å². The summed E-state index contributed by atoms with van der Waals surface area (Å²) >= 11 is 6.51. The minimum atomic E-state index is -1.08. The van der Waals surface area contributed by atoms with E-state index in [4.69, 9.17) is 17.0 Å². The Morgan fingerprint density at radius 2 is 0.590 bits per heavy atom. The maximum atomic E-state index is 10.3. The number of aliphatic hydroxyl groups is 3. The van der Waals surface area contributed by atoms with Crippen molar-refractivity contribution in [1.29, 1.82) is 0 Å². The second-order valence-electron chi connectivity index (χ2n) is 20.2. The van der Waals surface area contributed by atoms with E-state index >= 15 is 0 Å². The molecule has 0 atom stereocenters. The van der Waals surface area contributed by atoms with Crippen LogP contribution in [0.25, 0.3) is 0 Å². The Labute approximate surface area is 389 Å². The van der Waals surface area contributed by atoms with E-state index in [1.54, 1.807) is 0 Å². The van der Waals surface area contributed by atoms with Crippen LogP contribution in [0.4, 0.5) is 0 Å². The SMILES string of the molecule is CCCCCCCCCCCCC(CCCCCCCCCCCC)C(CCCCCCCCCCCC)(CCCCCCCCCCCC)C(=S)OCC(CO)(CO)CO. The summed E-state index contributed by atoms with van der Waals surface area (Å²) in [6, 6.07) is 0. The molecule has 3 N–H and O–H groups in total. The van der Waals surface area contributed by atoms with Gasteiger partial charge in [-0.05, 0) is 43.8 Å². The van der Waals surface area contributed by atoms with Crippen LogP contribution in [0.2, 0.25) is 0 Å². The summed E-state index contributed by atoms with van der Waals surface area (Å²) in [4.78, 5) is 0. The Bertz CT molecular complexity index is 818. The second kappa shape index (κ2) is 46.3. The smallest absolute Gasteiger partial charge is 0.166 e. The van der Waals surface area contributed by atoms with Gasteiger partial charge >= 0.3 is 0 Å². The van der Waals surface area contributed by atoms with Crippen molar-refractivity contribution in [3.8, 4) is 0 Å². The van der Waals surface area contributed by atoms with Gasteiger partial charge in [-0.2, -0.15) is 0 Å². The molecular formula is C56H112O4S. The minimum Gasteiger partial charge on any atom is -0.486 e. The van der Waals surface area contributed by atoms with E-state index in [0.717, 1.165) is 17.9 Å². The highest BCUT2D eigenvalue weighted by Crippen LogP contribution is 2.47. The third-order valence-corrected chi connectivity index (χ3v) is 15.0. The summed E-state index contributed by atoms with van der Waals surface area (Å²) < 4.78 is 6.66. The maximum absolute atomic E-state index is 10.3. The highest BCUT2D eigenvalue weighted by Gasteiger charge is 2.43. The number of thiocarbonyl (C=S) groups is 1. The van der Waals surface area contributed by atoms with Crippen LogP contribution < -0.4 is 0 Å². The molecule has 0 aromatic rings. The van der Waals surface area contributed by atoms with Crippen molar-refractivity contribution >= 4 is 17.3 Å². The van der Waals surface area contributed by atoms with Crippen molar-refractivity contribution in [3.05, 3.63) is 0 Å². The summed E-state index contributed by atoms with van der Waals surface area (Å²) in [5.74, 6) is 0.493.